The first-order valence-corrected chi connectivity index (χ1v) is 11.9. The number of rotatable bonds is 11. The third kappa shape index (κ3) is 6.44. The topological polar surface area (TPSA) is 58.0 Å². The molecular weight excluding hydrogens is 454 g/mol. The summed E-state index contributed by atoms with van der Waals surface area (Å²) in [5, 5.41) is 4.88. The first-order chi connectivity index (χ1) is 16.6. The van der Waals surface area contributed by atoms with E-state index in [0.717, 1.165) is 49.7 Å². The monoisotopic (exact) mass is 485 g/mol. The maximum absolute atomic E-state index is 6.07. The third-order valence-corrected chi connectivity index (χ3v) is 6.50. The van der Waals surface area contributed by atoms with Crippen LogP contribution in [0.5, 0.6) is 17.2 Å². The second-order valence-electron chi connectivity index (χ2n) is 8.51. The van der Waals surface area contributed by atoms with Crippen LogP contribution in [0.3, 0.4) is 0 Å². The first-order valence-electron chi connectivity index (χ1n) is 11.5. The molecule has 1 saturated heterocycles. The second-order valence-corrected chi connectivity index (χ2v) is 8.95. The normalized spacial score (nSPS) is 15.7. The SMILES string of the molecule is COc1ccc(CN2CCC(COc3cccc(Cl)c3)(OC)CC2)cc1OCCn1cccn1. The van der Waals surface area contributed by atoms with Crippen LogP contribution in [-0.4, -0.2) is 60.8 Å². The number of hydrogen-bond donors (Lipinski definition) is 0. The number of piperidine rings is 1. The lowest BCUT2D eigenvalue weighted by atomic mass is 9.91. The summed E-state index contributed by atoms with van der Waals surface area (Å²) < 4.78 is 25.3. The van der Waals surface area contributed by atoms with E-state index in [4.69, 9.17) is 30.5 Å². The molecule has 0 radical (unpaired) electrons. The van der Waals surface area contributed by atoms with Gasteiger partial charge in [-0.1, -0.05) is 23.7 Å². The molecule has 3 aromatic rings. The summed E-state index contributed by atoms with van der Waals surface area (Å²) in [4.78, 5) is 2.44. The van der Waals surface area contributed by atoms with Gasteiger partial charge in [0.2, 0.25) is 0 Å². The van der Waals surface area contributed by atoms with Gasteiger partial charge in [0.15, 0.2) is 11.5 Å². The molecular formula is C26H32ClN3O4. The van der Waals surface area contributed by atoms with Crippen molar-refractivity contribution in [3.05, 3.63) is 71.5 Å². The molecule has 2 aromatic carbocycles. The van der Waals surface area contributed by atoms with Crippen LogP contribution in [0.1, 0.15) is 18.4 Å². The minimum Gasteiger partial charge on any atom is -0.493 e. The zero-order chi connectivity index (χ0) is 23.8. The Hall–Kier alpha value is -2.74. The van der Waals surface area contributed by atoms with E-state index in [-0.39, 0.29) is 5.60 Å². The number of hydrogen-bond acceptors (Lipinski definition) is 6. The summed E-state index contributed by atoms with van der Waals surface area (Å²) in [7, 11) is 3.43. The molecule has 0 amide bonds. The zero-order valence-electron chi connectivity index (χ0n) is 19.8. The lowest BCUT2D eigenvalue weighted by Gasteiger charge is -2.40. The zero-order valence-corrected chi connectivity index (χ0v) is 20.5. The summed E-state index contributed by atoms with van der Waals surface area (Å²) >= 11 is 6.07. The number of ether oxygens (including phenoxy) is 4. The van der Waals surface area contributed by atoms with Crippen molar-refractivity contribution in [1.29, 1.82) is 0 Å². The van der Waals surface area contributed by atoms with Crippen molar-refractivity contribution in [2.75, 3.05) is 40.5 Å². The van der Waals surface area contributed by atoms with Gasteiger partial charge in [-0.15, -0.1) is 0 Å². The molecule has 1 aliphatic heterocycles. The molecule has 1 fully saturated rings. The van der Waals surface area contributed by atoms with E-state index in [1.54, 1.807) is 20.4 Å². The maximum atomic E-state index is 6.07. The van der Waals surface area contributed by atoms with Gasteiger partial charge in [-0.2, -0.15) is 5.10 Å². The number of likely N-dealkylation sites (tertiary alicyclic amines) is 1. The highest BCUT2D eigenvalue weighted by Gasteiger charge is 2.35. The number of nitrogens with zero attached hydrogens (tertiary/aromatic N) is 3. The van der Waals surface area contributed by atoms with Crippen LogP contribution in [0, 0.1) is 0 Å². The molecule has 0 N–H and O–H groups in total. The fraction of sp³-hybridized carbons (Fsp3) is 0.423. The van der Waals surface area contributed by atoms with Crippen molar-refractivity contribution in [1.82, 2.24) is 14.7 Å². The molecule has 0 saturated carbocycles. The van der Waals surface area contributed by atoms with Crippen LogP contribution in [0.25, 0.3) is 0 Å². The molecule has 34 heavy (non-hydrogen) atoms. The number of aromatic nitrogens is 2. The molecule has 8 heteroatoms. The Morgan fingerprint density at radius 2 is 1.85 bits per heavy atom. The third-order valence-electron chi connectivity index (χ3n) is 6.27. The average molecular weight is 486 g/mol. The van der Waals surface area contributed by atoms with Gasteiger partial charge in [-0.3, -0.25) is 9.58 Å². The molecule has 7 nitrogen and oxygen atoms in total. The van der Waals surface area contributed by atoms with Crippen LogP contribution in [0.15, 0.2) is 60.9 Å². The first kappa shape index (κ1) is 24.4. The summed E-state index contributed by atoms with van der Waals surface area (Å²) in [6.07, 6.45) is 5.48. The molecule has 182 valence electrons. The van der Waals surface area contributed by atoms with Crippen LogP contribution in [0.4, 0.5) is 0 Å². The summed E-state index contributed by atoms with van der Waals surface area (Å²) in [5.41, 5.74) is 0.898. The molecule has 0 spiro atoms. The van der Waals surface area contributed by atoms with Gasteiger partial charge in [0.1, 0.15) is 24.6 Å². The molecule has 1 aliphatic rings. The van der Waals surface area contributed by atoms with Gasteiger partial charge in [-0.05, 0) is 54.8 Å². The minimum atomic E-state index is -0.292. The highest BCUT2D eigenvalue weighted by atomic mass is 35.5. The average Bonchev–Trinajstić information content (AvgIpc) is 3.38. The van der Waals surface area contributed by atoms with E-state index >= 15 is 0 Å². The largest absolute Gasteiger partial charge is 0.493 e. The molecule has 0 unspecified atom stereocenters. The Morgan fingerprint density at radius 3 is 2.56 bits per heavy atom. The maximum Gasteiger partial charge on any atom is 0.161 e. The van der Waals surface area contributed by atoms with Crippen molar-refractivity contribution in [3.63, 3.8) is 0 Å². The van der Waals surface area contributed by atoms with E-state index in [0.29, 0.717) is 24.8 Å². The molecule has 0 aliphatic carbocycles. The Balaban J connectivity index is 1.30. The van der Waals surface area contributed by atoms with Crippen molar-refractivity contribution in [2.45, 2.75) is 31.5 Å². The highest BCUT2D eigenvalue weighted by molar-refractivity contribution is 6.30. The van der Waals surface area contributed by atoms with Crippen molar-refractivity contribution < 1.29 is 18.9 Å². The molecule has 1 aromatic heterocycles. The van der Waals surface area contributed by atoms with Gasteiger partial charge in [0.05, 0.1) is 13.7 Å². The lowest BCUT2D eigenvalue weighted by Crippen LogP contribution is -2.48. The molecule has 2 heterocycles. The molecule has 0 bridgehead atoms. The number of methoxy groups -OCH3 is 2. The van der Waals surface area contributed by atoms with Crippen LogP contribution < -0.4 is 14.2 Å². The van der Waals surface area contributed by atoms with E-state index in [9.17, 15) is 0 Å². The van der Waals surface area contributed by atoms with Crippen molar-refractivity contribution >= 4 is 11.6 Å². The Morgan fingerprint density at radius 1 is 1.00 bits per heavy atom. The summed E-state index contributed by atoms with van der Waals surface area (Å²) in [6, 6.07) is 15.5. The van der Waals surface area contributed by atoms with E-state index in [1.165, 1.54) is 5.56 Å². The number of halogens is 1. The highest BCUT2D eigenvalue weighted by Crippen LogP contribution is 2.31. The number of benzene rings is 2. The summed E-state index contributed by atoms with van der Waals surface area (Å²) in [5.74, 6) is 2.26. The van der Waals surface area contributed by atoms with Gasteiger partial charge in [0, 0.05) is 44.2 Å². The van der Waals surface area contributed by atoms with E-state index in [2.05, 4.69) is 22.1 Å². The van der Waals surface area contributed by atoms with Crippen LogP contribution in [0.2, 0.25) is 5.02 Å². The second kappa shape index (κ2) is 11.6. The molecule has 4 rings (SSSR count). The summed E-state index contributed by atoms with van der Waals surface area (Å²) in [6.45, 7) is 4.41. The standard InChI is InChI=1S/C26H32ClN3O4/c1-31-24-8-7-21(17-25(24)33-16-15-30-12-4-11-28-30)19-29-13-9-26(32-2,10-14-29)20-34-23-6-3-5-22(27)18-23/h3-8,11-12,17-18H,9-10,13-16,19-20H2,1-2H3. The van der Waals surface area contributed by atoms with Crippen molar-refractivity contribution in [3.8, 4) is 17.2 Å². The smallest absolute Gasteiger partial charge is 0.161 e. The Labute approximate surface area is 206 Å². The molecule has 0 atom stereocenters. The Kier molecular flexibility index (Phi) is 8.32. The quantitative estimate of drug-likeness (QED) is 0.393. The van der Waals surface area contributed by atoms with E-state index < -0.39 is 0 Å². The van der Waals surface area contributed by atoms with Gasteiger partial charge >= 0.3 is 0 Å². The van der Waals surface area contributed by atoms with Crippen molar-refractivity contribution in [2.24, 2.45) is 0 Å². The van der Waals surface area contributed by atoms with E-state index in [1.807, 2.05) is 47.3 Å². The van der Waals surface area contributed by atoms with Gasteiger partial charge < -0.3 is 18.9 Å². The fourth-order valence-electron chi connectivity index (χ4n) is 4.17. The lowest BCUT2D eigenvalue weighted by molar-refractivity contribution is -0.0839. The Bertz CT molecular complexity index is 1040. The predicted molar refractivity (Wildman–Crippen MR) is 132 cm³/mol. The van der Waals surface area contributed by atoms with Crippen LogP contribution >= 0.6 is 11.6 Å². The predicted octanol–water partition coefficient (Wildman–Crippen LogP) is 4.68. The minimum absolute atomic E-state index is 0.292. The van der Waals surface area contributed by atoms with Gasteiger partial charge in [-0.25, -0.2) is 0 Å². The van der Waals surface area contributed by atoms with Crippen LogP contribution in [-0.2, 0) is 17.8 Å². The fourth-order valence-corrected chi connectivity index (χ4v) is 4.35. The van der Waals surface area contributed by atoms with Gasteiger partial charge in [0.25, 0.3) is 0 Å².